The molecule has 1 saturated carbocycles. The van der Waals surface area contributed by atoms with Gasteiger partial charge in [0.1, 0.15) is 0 Å². The number of nitrogens with one attached hydrogen (secondary N) is 1. The molecule has 0 aromatic carbocycles. The minimum absolute atomic E-state index is 0.358. The first-order valence-corrected chi connectivity index (χ1v) is 9.32. The first-order chi connectivity index (χ1) is 9.83. The first-order valence-electron chi connectivity index (χ1n) is 9.32. The number of rotatable bonds is 6. The third kappa shape index (κ3) is 9.77. The smallest absolute Gasteiger partial charge is 0.0165 e. The summed E-state index contributed by atoms with van der Waals surface area (Å²) in [6, 6.07) is 1.08. The summed E-state index contributed by atoms with van der Waals surface area (Å²) in [6.45, 7) is 3.26. The fourth-order valence-electron chi connectivity index (χ4n) is 3.25. The standard InChI is InChI=1S/C18H38N2/c1-2-3-13-17(19)16-20-18-14-11-9-7-5-4-6-8-10-12-15-18/h17-18,20H,2-16,19H2,1H3. The summed E-state index contributed by atoms with van der Waals surface area (Å²) in [5.74, 6) is 0. The van der Waals surface area contributed by atoms with E-state index in [9.17, 15) is 0 Å². The second-order valence-electron chi connectivity index (χ2n) is 6.77. The highest BCUT2D eigenvalue weighted by Crippen LogP contribution is 2.17. The summed E-state index contributed by atoms with van der Waals surface area (Å²) in [7, 11) is 0. The van der Waals surface area contributed by atoms with Crippen molar-refractivity contribution in [3.05, 3.63) is 0 Å². The van der Waals surface area contributed by atoms with Gasteiger partial charge in [-0.15, -0.1) is 0 Å². The van der Waals surface area contributed by atoms with Crippen LogP contribution in [0.3, 0.4) is 0 Å². The lowest BCUT2D eigenvalue weighted by atomic mass is 9.97. The van der Waals surface area contributed by atoms with E-state index in [1.807, 2.05) is 0 Å². The van der Waals surface area contributed by atoms with Crippen molar-refractivity contribution >= 4 is 0 Å². The molecule has 0 amide bonds. The van der Waals surface area contributed by atoms with Crippen LogP contribution < -0.4 is 11.1 Å². The molecule has 1 fully saturated rings. The summed E-state index contributed by atoms with van der Waals surface area (Å²) in [4.78, 5) is 0. The van der Waals surface area contributed by atoms with E-state index in [-0.39, 0.29) is 0 Å². The number of hydrogen-bond donors (Lipinski definition) is 2. The average Bonchev–Trinajstić information content (AvgIpc) is 2.44. The zero-order valence-electron chi connectivity index (χ0n) is 13.8. The van der Waals surface area contributed by atoms with Crippen molar-refractivity contribution in [2.45, 2.75) is 109 Å². The molecule has 1 aliphatic rings. The van der Waals surface area contributed by atoms with Crippen LogP contribution in [0.2, 0.25) is 0 Å². The molecule has 1 unspecified atom stereocenters. The van der Waals surface area contributed by atoms with Crippen LogP contribution in [0.1, 0.15) is 96.8 Å². The topological polar surface area (TPSA) is 38.0 Å². The zero-order chi connectivity index (χ0) is 14.5. The molecule has 1 aliphatic carbocycles. The van der Waals surface area contributed by atoms with Crippen LogP contribution in [0.5, 0.6) is 0 Å². The highest BCUT2D eigenvalue weighted by atomic mass is 14.9. The fourth-order valence-corrected chi connectivity index (χ4v) is 3.25. The minimum Gasteiger partial charge on any atom is -0.327 e. The summed E-state index contributed by atoms with van der Waals surface area (Å²) >= 11 is 0. The summed E-state index contributed by atoms with van der Waals surface area (Å²) in [5, 5.41) is 3.76. The molecule has 3 N–H and O–H groups in total. The highest BCUT2D eigenvalue weighted by molar-refractivity contribution is 4.72. The molecule has 0 saturated heterocycles. The molecular formula is C18H38N2. The maximum Gasteiger partial charge on any atom is 0.0165 e. The average molecular weight is 283 g/mol. The van der Waals surface area contributed by atoms with Crippen molar-refractivity contribution in [3.63, 3.8) is 0 Å². The van der Waals surface area contributed by atoms with E-state index in [1.54, 1.807) is 0 Å². The van der Waals surface area contributed by atoms with Crippen molar-refractivity contribution in [3.8, 4) is 0 Å². The molecule has 120 valence electrons. The molecule has 20 heavy (non-hydrogen) atoms. The molecular weight excluding hydrogens is 244 g/mol. The van der Waals surface area contributed by atoms with Gasteiger partial charge in [-0.1, -0.05) is 77.6 Å². The van der Waals surface area contributed by atoms with Gasteiger partial charge in [-0.2, -0.15) is 0 Å². The van der Waals surface area contributed by atoms with Gasteiger partial charge in [-0.3, -0.25) is 0 Å². The van der Waals surface area contributed by atoms with E-state index < -0.39 is 0 Å². The van der Waals surface area contributed by atoms with Crippen molar-refractivity contribution in [1.29, 1.82) is 0 Å². The quantitative estimate of drug-likeness (QED) is 0.736. The van der Waals surface area contributed by atoms with Crippen LogP contribution in [-0.2, 0) is 0 Å². The molecule has 0 aliphatic heterocycles. The van der Waals surface area contributed by atoms with E-state index in [0.29, 0.717) is 6.04 Å². The van der Waals surface area contributed by atoms with Crippen LogP contribution in [0, 0.1) is 0 Å². The lowest BCUT2D eigenvalue weighted by Crippen LogP contribution is -2.39. The Morgan fingerprint density at radius 2 is 1.40 bits per heavy atom. The van der Waals surface area contributed by atoms with Crippen LogP contribution in [0.15, 0.2) is 0 Å². The van der Waals surface area contributed by atoms with Crippen LogP contribution in [-0.4, -0.2) is 18.6 Å². The molecule has 1 rings (SSSR count). The molecule has 0 aromatic heterocycles. The Balaban J connectivity index is 2.20. The Bertz CT molecular complexity index is 194. The van der Waals surface area contributed by atoms with Crippen molar-refractivity contribution < 1.29 is 0 Å². The van der Waals surface area contributed by atoms with Crippen molar-refractivity contribution in [2.24, 2.45) is 5.73 Å². The van der Waals surface area contributed by atoms with Gasteiger partial charge in [0.2, 0.25) is 0 Å². The second-order valence-corrected chi connectivity index (χ2v) is 6.77. The van der Waals surface area contributed by atoms with Crippen LogP contribution in [0.25, 0.3) is 0 Å². The zero-order valence-corrected chi connectivity index (χ0v) is 13.8. The van der Waals surface area contributed by atoms with Crippen molar-refractivity contribution in [2.75, 3.05) is 6.54 Å². The molecule has 0 radical (unpaired) electrons. The van der Waals surface area contributed by atoms with Gasteiger partial charge in [-0.25, -0.2) is 0 Å². The number of unbranched alkanes of at least 4 members (excludes halogenated alkanes) is 1. The predicted octanol–water partition coefficient (Wildman–Crippen LogP) is 4.77. The molecule has 0 aromatic rings. The summed E-state index contributed by atoms with van der Waals surface area (Å²) in [5.41, 5.74) is 6.19. The van der Waals surface area contributed by atoms with E-state index >= 15 is 0 Å². The summed E-state index contributed by atoms with van der Waals surface area (Å²) in [6.07, 6.45) is 19.4. The maximum atomic E-state index is 6.19. The van der Waals surface area contributed by atoms with Gasteiger partial charge in [0.25, 0.3) is 0 Å². The second kappa shape index (κ2) is 12.6. The molecule has 2 heteroatoms. The molecule has 2 nitrogen and oxygen atoms in total. The Labute approximate surface area is 127 Å². The minimum atomic E-state index is 0.358. The van der Waals surface area contributed by atoms with Gasteiger partial charge in [-0.05, 0) is 19.3 Å². The SMILES string of the molecule is CCCCC(N)CNC1CCCCCCCCCCC1. The molecule has 1 atom stereocenters. The number of hydrogen-bond acceptors (Lipinski definition) is 2. The largest absolute Gasteiger partial charge is 0.327 e. The van der Waals surface area contributed by atoms with E-state index in [0.717, 1.165) is 12.6 Å². The normalized spacial score (nSPS) is 21.9. The van der Waals surface area contributed by atoms with E-state index in [2.05, 4.69) is 12.2 Å². The molecule has 0 spiro atoms. The van der Waals surface area contributed by atoms with Gasteiger partial charge < -0.3 is 11.1 Å². The maximum absolute atomic E-state index is 6.19. The van der Waals surface area contributed by atoms with E-state index in [1.165, 1.54) is 89.9 Å². The lowest BCUT2D eigenvalue weighted by molar-refractivity contribution is 0.387. The van der Waals surface area contributed by atoms with Gasteiger partial charge in [0.15, 0.2) is 0 Å². The first kappa shape index (κ1) is 18.0. The number of nitrogens with two attached hydrogens (primary N) is 1. The van der Waals surface area contributed by atoms with Crippen LogP contribution >= 0.6 is 0 Å². The Kier molecular flexibility index (Phi) is 11.4. The third-order valence-corrected chi connectivity index (χ3v) is 4.70. The molecule has 0 heterocycles. The Morgan fingerprint density at radius 1 is 0.900 bits per heavy atom. The monoisotopic (exact) mass is 282 g/mol. The van der Waals surface area contributed by atoms with Gasteiger partial charge >= 0.3 is 0 Å². The third-order valence-electron chi connectivity index (χ3n) is 4.70. The summed E-state index contributed by atoms with van der Waals surface area (Å²) < 4.78 is 0. The van der Waals surface area contributed by atoms with E-state index in [4.69, 9.17) is 5.73 Å². The van der Waals surface area contributed by atoms with Crippen LogP contribution in [0.4, 0.5) is 0 Å². The fraction of sp³-hybridized carbons (Fsp3) is 1.00. The van der Waals surface area contributed by atoms with Gasteiger partial charge in [0.05, 0.1) is 0 Å². The Morgan fingerprint density at radius 3 is 1.90 bits per heavy atom. The molecule has 0 bridgehead atoms. The lowest BCUT2D eigenvalue weighted by Gasteiger charge is -2.22. The van der Waals surface area contributed by atoms with Gasteiger partial charge in [0, 0.05) is 18.6 Å². The van der Waals surface area contributed by atoms with Crippen molar-refractivity contribution in [1.82, 2.24) is 5.32 Å². The Hall–Kier alpha value is -0.0800. The highest BCUT2D eigenvalue weighted by Gasteiger charge is 2.10. The predicted molar refractivity (Wildman–Crippen MR) is 90.1 cm³/mol.